The van der Waals surface area contributed by atoms with Crippen LogP contribution in [-0.4, -0.2) is 15.7 Å². The Morgan fingerprint density at radius 1 is 1.19 bits per heavy atom. The first kappa shape index (κ1) is 17.2. The van der Waals surface area contributed by atoms with E-state index in [2.05, 4.69) is 10.4 Å². The molecule has 7 heteroatoms. The quantitative estimate of drug-likeness (QED) is 0.738. The lowest BCUT2D eigenvalue weighted by Crippen LogP contribution is -2.23. The molecule has 0 fully saturated rings. The zero-order valence-corrected chi connectivity index (χ0v) is 13.9. The highest BCUT2D eigenvalue weighted by molar-refractivity contribution is 5.92. The second-order valence-electron chi connectivity index (χ2n) is 5.57. The minimum atomic E-state index is -0.240. The monoisotopic (exact) mass is 348 g/mol. The van der Waals surface area contributed by atoms with Gasteiger partial charge in [0, 0.05) is 19.0 Å². The molecule has 1 amide bonds. The molecule has 26 heavy (non-hydrogen) atoms. The van der Waals surface area contributed by atoms with Gasteiger partial charge in [0.2, 0.25) is 5.91 Å². The Labute approximate surface area is 149 Å². The second-order valence-corrected chi connectivity index (χ2v) is 5.57. The van der Waals surface area contributed by atoms with Gasteiger partial charge in [0.1, 0.15) is 11.8 Å². The molecule has 130 valence electrons. The molecule has 0 saturated carbocycles. The Hall–Kier alpha value is -3.66. The lowest BCUT2D eigenvalue weighted by Gasteiger charge is -2.08. The van der Waals surface area contributed by atoms with Crippen LogP contribution in [0.5, 0.6) is 0 Å². The highest BCUT2D eigenvalue weighted by atomic mass is 16.3. The number of amides is 1. The van der Waals surface area contributed by atoms with Crippen molar-refractivity contribution in [1.82, 2.24) is 9.78 Å². The summed E-state index contributed by atoms with van der Waals surface area (Å²) in [7, 11) is 0. The molecule has 7 nitrogen and oxygen atoms in total. The molecule has 0 spiro atoms. The second kappa shape index (κ2) is 7.94. The molecule has 3 rings (SSSR count). The van der Waals surface area contributed by atoms with E-state index >= 15 is 0 Å². The molecule has 0 radical (unpaired) electrons. The molecule has 1 aromatic carbocycles. The SMILES string of the molecule is N#Cc1ccccc1NC(=O)CCCn1nc(-c2ccco2)ccc1=O. The molecule has 0 aliphatic rings. The largest absolute Gasteiger partial charge is 0.463 e. The van der Waals surface area contributed by atoms with Crippen LogP contribution in [0.4, 0.5) is 5.69 Å². The van der Waals surface area contributed by atoms with Crippen LogP contribution in [0.1, 0.15) is 18.4 Å². The van der Waals surface area contributed by atoms with Crippen molar-refractivity contribution >= 4 is 11.6 Å². The molecule has 0 atom stereocenters. The number of furan rings is 1. The van der Waals surface area contributed by atoms with Crippen LogP contribution in [0.25, 0.3) is 11.5 Å². The molecule has 0 saturated heterocycles. The van der Waals surface area contributed by atoms with Crippen molar-refractivity contribution in [3.05, 3.63) is 70.7 Å². The number of aryl methyl sites for hydroxylation is 1. The molecule has 2 aromatic heterocycles. The Morgan fingerprint density at radius 3 is 2.81 bits per heavy atom. The molecule has 1 N–H and O–H groups in total. The predicted octanol–water partition coefficient (Wildman–Crippen LogP) is 2.79. The van der Waals surface area contributed by atoms with Crippen LogP contribution >= 0.6 is 0 Å². The molecular weight excluding hydrogens is 332 g/mol. The van der Waals surface area contributed by atoms with E-state index in [1.165, 1.54) is 17.0 Å². The molecule has 0 unspecified atom stereocenters. The Bertz CT molecular complexity index is 1000. The summed E-state index contributed by atoms with van der Waals surface area (Å²) < 4.78 is 6.59. The number of anilines is 1. The van der Waals surface area contributed by atoms with E-state index in [0.717, 1.165) is 0 Å². The molecule has 3 aromatic rings. The summed E-state index contributed by atoms with van der Waals surface area (Å²) in [5.41, 5.74) is 1.21. The predicted molar refractivity (Wildman–Crippen MR) is 95.2 cm³/mol. The summed E-state index contributed by atoms with van der Waals surface area (Å²) in [5, 5.41) is 16.0. The number of carbonyl (C=O) groups excluding carboxylic acids is 1. The standard InChI is InChI=1S/C19H16N4O3/c20-13-14-5-1-2-6-15(14)21-18(24)8-3-11-23-19(25)10-9-16(22-23)17-7-4-12-26-17/h1-2,4-7,9-10,12H,3,8,11H2,(H,21,24). The van der Waals surface area contributed by atoms with E-state index in [4.69, 9.17) is 9.68 Å². The highest BCUT2D eigenvalue weighted by Gasteiger charge is 2.08. The normalized spacial score (nSPS) is 10.3. The third-order valence-corrected chi connectivity index (χ3v) is 3.74. The molecule has 2 heterocycles. The van der Waals surface area contributed by atoms with Crippen molar-refractivity contribution < 1.29 is 9.21 Å². The number of rotatable bonds is 6. The number of hydrogen-bond donors (Lipinski definition) is 1. The van der Waals surface area contributed by atoms with Gasteiger partial charge in [0.05, 0.1) is 17.5 Å². The summed E-state index contributed by atoms with van der Waals surface area (Å²) >= 11 is 0. The number of hydrogen-bond acceptors (Lipinski definition) is 5. The van der Waals surface area contributed by atoms with Crippen LogP contribution in [0.15, 0.2) is 64.0 Å². The van der Waals surface area contributed by atoms with Gasteiger partial charge in [0.25, 0.3) is 5.56 Å². The summed E-state index contributed by atoms with van der Waals surface area (Å²) in [5.74, 6) is 0.354. The fraction of sp³-hybridized carbons (Fsp3) is 0.158. The zero-order chi connectivity index (χ0) is 18.4. The van der Waals surface area contributed by atoms with Gasteiger partial charge >= 0.3 is 0 Å². The fourth-order valence-electron chi connectivity index (χ4n) is 2.46. The van der Waals surface area contributed by atoms with Gasteiger partial charge in [-0.3, -0.25) is 9.59 Å². The number of benzene rings is 1. The van der Waals surface area contributed by atoms with E-state index in [1.807, 2.05) is 6.07 Å². The number of aromatic nitrogens is 2. The maximum absolute atomic E-state index is 12.1. The highest BCUT2D eigenvalue weighted by Crippen LogP contribution is 2.16. The number of nitrogens with one attached hydrogen (secondary N) is 1. The number of carbonyl (C=O) groups is 1. The van der Waals surface area contributed by atoms with Crippen LogP contribution < -0.4 is 10.9 Å². The van der Waals surface area contributed by atoms with E-state index < -0.39 is 0 Å². The minimum Gasteiger partial charge on any atom is -0.463 e. The fourth-order valence-corrected chi connectivity index (χ4v) is 2.46. The van der Waals surface area contributed by atoms with E-state index in [0.29, 0.717) is 35.7 Å². The van der Waals surface area contributed by atoms with Crippen LogP contribution in [0, 0.1) is 11.3 Å². The van der Waals surface area contributed by atoms with Crippen LogP contribution in [0.2, 0.25) is 0 Å². The third-order valence-electron chi connectivity index (χ3n) is 3.74. The minimum absolute atomic E-state index is 0.207. The topological polar surface area (TPSA) is 101 Å². The van der Waals surface area contributed by atoms with Gasteiger partial charge in [-0.25, -0.2) is 4.68 Å². The van der Waals surface area contributed by atoms with Crippen molar-refractivity contribution in [1.29, 1.82) is 5.26 Å². The summed E-state index contributed by atoms with van der Waals surface area (Å²) in [6.07, 6.45) is 2.18. The summed E-state index contributed by atoms with van der Waals surface area (Å²) in [4.78, 5) is 24.0. The number of para-hydroxylation sites is 1. The summed E-state index contributed by atoms with van der Waals surface area (Å²) in [6, 6.07) is 15.4. The van der Waals surface area contributed by atoms with Crippen LogP contribution in [-0.2, 0) is 11.3 Å². The van der Waals surface area contributed by atoms with Gasteiger partial charge in [0.15, 0.2) is 5.76 Å². The van der Waals surface area contributed by atoms with E-state index in [9.17, 15) is 9.59 Å². The number of nitriles is 1. The molecule has 0 aliphatic heterocycles. The zero-order valence-electron chi connectivity index (χ0n) is 13.9. The molecule has 0 bridgehead atoms. The van der Waals surface area contributed by atoms with Gasteiger partial charge in [-0.2, -0.15) is 10.4 Å². The Kier molecular flexibility index (Phi) is 5.25. The lowest BCUT2D eigenvalue weighted by atomic mass is 10.2. The maximum atomic E-state index is 12.1. The van der Waals surface area contributed by atoms with Crippen molar-refractivity contribution in [2.24, 2.45) is 0 Å². The molecule has 0 aliphatic carbocycles. The van der Waals surface area contributed by atoms with Crippen molar-refractivity contribution in [2.75, 3.05) is 5.32 Å². The third kappa shape index (κ3) is 4.05. The average Bonchev–Trinajstić information content (AvgIpc) is 3.18. The van der Waals surface area contributed by atoms with Gasteiger partial charge in [-0.05, 0) is 36.8 Å². The molecular formula is C19H16N4O3. The first-order chi connectivity index (χ1) is 12.7. The number of nitrogens with zero attached hydrogens (tertiary/aromatic N) is 3. The van der Waals surface area contributed by atoms with Crippen molar-refractivity contribution in [2.45, 2.75) is 19.4 Å². The van der Waals surface area contributed by atoms with Crippen LogP contribution in [0.3, 0.4) is 0 Å². The van der Waals surface area contributed by atoms with Crippen molar-refractivity contribution in [3.8, 4) is 17.5 Å². The Morgan fingerprint density at radius 2 is 2.04 bits per heavy atom. The van der Waals surface area contributed by atoms with Gasteiger partial charge < -0.3 is 9.73 Å². The van der Waals surface area contributed by atoms with E-state index in [-0.39, 0.29) is 17.9 Å². The van der Waals surface area contributed by atoms with Gasteiger partial charge in [-0.15, -0.1) is 0 Å². The lowest BCUT2D eigenvalue weighted by molar-refractivity contribution is -0.116. The summed E-state index contributed by atoms with van der Waals surface area (Å²) in [6.45, 7) is 0.306. The Balaban J connectivity index is 1.60. The smallest absolute Gasteiger partial charge is 0.266 e. The first-order valence-corrected chi connectivity index (χ1v) is 8.08. The average molecular weight is 348 g/mol. The van der Waals surface area contributed by atoms with Crippen molar-refractivity contribution in [3.63, 3.8) is 0 Å². The maximum Gasteiger partial charge on any atom is 0.266 e. The first-order valence-electron chi connectivity index (χ1n) is 8.08. The van der Waals surface area contributed by atoms with Gasteiger partial charge in [-0.1, -0.05) is 12.1 Å². The van der Waals surface area contributed by atoms with E-state index in [1.54, 1.807) is 42.5 Å².